The molecule has 0 radical (unpaired) electrons. The molecule has 3 nitrogen and oxygen atoms in total. The summed E-state index contributed by atoms with van der Waals surface area (Å²) in [4.78, 5) is 3.86. The molecule has 0 saturated carbocycles. The van der Waals surface area contributed by atoms with Crippen molar-refractivity contribution < 1.29 is 18.3 Å². The third-order valence-electron chi connectivity index (χ3n) is 2.52. The monoisotopic (exact) mass is 256 g/mol. The van der Waals surface area contributed by atoms with Crippen molar-refractivity contribution in [2.24, 2.45) is 0 Å². The van der Waals surface area contributed by atoms with E-state index in [2.05, 4.69) is 4.98 Å². The number of aliphatic hydroxyl groups is 1. The molecule has 1 aromatic heterocycles. The molecule has 0 aliphatic heterocycles. The largest absolute Gasteiger partial charge is 0.390 e. The van der Waals surface area contributed by atoms with E-state index in [4.69, 9.17) is 5.11 Å². The summed E-state index contributed by atoms with van der Waals surface area (Å²) in [6, 6.07) is 3.42. The van der Waals surface area contributed by atoms with Crippen LogP contribution >= 0.6 is 0 Å². The second-order valence-corrected chi connectivity index (χ2v) is 3.98. The van der Waals surface area contributed by atoms with E-state index in [0.717, 1.165) is 12.1 Å². The minimum atomic E-state index is -3.25. The van der Waals surface area contributed by atoms with Crippen molar-refractivity contribution in [1.82, 2.24) is 9.55 Å². The molecule has 1 aromatic carbocycles. The smallest absolute Gasteiger partial charge is 0.273 e. The van der Waals surface area contributed by atoms with Crippen LogP contribution < -0.4 is 0 Å². The van der Waals surface area contributed by atoms with Gasteiger partial charge in [-0.2, -0.15) is 0 Å². The third-order valence-corrected chi connectivity index (χ3v) is 2.52. The zero-order chi connectivity index (χ0) is 13.3. The molecule has 0 aliphatic carbocycles. The first-order valence-electron chi connectivity index (χ1n) is 5.24. The van der Waals surface area contributed by atoms with Crippen molar-refractivity contribution in [2.45, 2.75) is 19.5 Å². The summed E-state index contributed by atoms with van der Waals surface area (Å²) >= 11 is 0. The van der Waals surface area contributed by atoms with Crippen molar-refractivity contribution in [3.63, 3.8) is 0 Å². The first-order valence-corrected chi connectivity index (χ1v) is 5.24. The molecule has 96 valence electrons. The number of imidazole rings is 1. The number of nitrogens with zero attached hydrogens (tertiary/aromatic N) is 2. The molecule has 2 rings (SSSR count). The minimum absolute atomic E-state index is 0.245. The third kappa shape index (κ3) is 2.38. The number of rotatable bonds is 3. The molecule has 0 fully saturated rings. The average Bonchev–Trinajstić information content (AvgIpc) is 2.76. The van der Waals surface area contributed by atoms with E-state index in [9.17, 15) is 13.2 Å². The Labute approximate surface area is 102 Å². The van der Waals surface area contributed by atoms with E-state index < -0.39 is 17.3 Å². The second-order valence-electron chi connectivity index (χ2n) is 3.98. The van der Waals surface area contributed by atoms with Gasteiger partial charge in [-0.25, -0.2) is 18.2 Å². The van der Waals surface area contributed by atoms with Gasteiger partial charge in [0.2, 0.25) is 0 Å². The van der Waals surface area contributed by atoms with Crippen molar-refractivity contribution in [3.8, 4) is 5.69 Å². The average molecular weight is 256 g/mol. The molecular formula is C12H11F3N2O. The van der Waals surface area contributed by atoms with Gasteiger partial charge in [0, 0.05) is 18.8 Å². The molecule has 0 saturated heterocycles. The number of aromatic nitrogens is 2. The Morgan fingerprint density at radius 1 is 1.39 bits per heavy atom. The highest BCUT2D eigenvalue weighted by atomic mass is 19.3. The topological polar surface area (TPSA) is 38.0 Å². The molecule has 2 aromatic rings. The predicted octanol–water partition coefficient (Wildman–Crippen LogP) is 2.62. The summed E-state index contributed by atoms with van der Waals surface area (Å²) in [6.45, 7) is 0.396. The van der Waals surface area contributed by atoms with Crippen LogP contribution in [0.3, 0.4) is 0 Å². The molecule has 0 spiro atoms. The molecule has 6 heteroatoms. The van der Waals surface area contributed by atoms with E-state index in [1.807, 2.05) is 0 Å². The molecular weight excluding hydrogens is 245 g/mol. The highest BCUT2D eigenvalue weighted by Crippen LogP contribution is 2.30. The molecule has 18 heavy (non-hydrogen) atoms. The number of hydrogen-bond acceptors (Lipinski definition) is 2. The maximum absolute atomic E-state index is 13.3. The first-order chi connectivity index (χ1) is 8.41. The fraction of sp³-hybridized carbons (Fsp3) is 0.250. The van der Waals surface area contributed by atoms with Gasteiger partial charge in [-0.3, -0.25) is 0 Å². The van der Waals surface area contributed by atoms with Gasteiger partial charge in [0.25, 0.3) is 5.92 Å². The fourth-order valence-corrected chi connectivity index (χ4v) is 1.60. The summed E-state index contributed by atoms with van der Waals surface area (Å²) in [5.74, 6) is -4.20. The second kappa shape index (κ2) is 4.45. The highest BCUT2D eigenvalue weighted by molar-refractivity contribution is 5.38. The van der Waals surface area contributed by atoms with Crippen molar-refractivity contribution in [2.75, 3.05) is 0 Å². The fourth-order valence-electron chi connectivity index (χ4n) is 1.60. The van der Waals surface area contributed by atoms with Gasteiger partial charge >= 0.3 is 0 Å². The van der Waals surface area contributed by atoms with Crippen LogP contribution in [0.2, 0.25) is 0 Å². The van der Waals surface area contributed by atoms with Gasteiger partial charge in [0.05, 0.1) is 24.2 Å². The number of alkyl halides is 2. The Morgan fingerprint density at radius 3 is 2.67 bits per heavy atom. The van der Waals surface area contributed by atoms with Gasteiger partial charge in [-0.1, -0.05) is 0 Å². The van der Waals surface area contributed by atoms with Crippen LogP contribution in [-0.4, -0.2) is 14.7 Å². The Kier molecular flexibility index (Phi) is 3.13. The van der Waals surface area contributed by atoms with E-state index in [-0.39, 0.29) is 6.61 Å². The summed E-state index contributed by atoms with van der Waals surface area (Å²) in [7, 11) is 0. The van der Waals surface area contributed by atoms with Gasteiger partial charge in [0.15, 0.2) is 0 Å². The van der Waals surface area contributed by atoms with Gasteiger partial charge < -0.3 is 9.67 Å². The van der Waals surface area contributed by atoms with Gasteiger partial charge in [-0.05, 0) is 18.2 Å². The van der Waals surface area contributed by atoms with Crippen molar-refractivity contribution in [3.05, 3.63) is 47.8 Å². The molecule has 0 unspecified atom stereocenters. The molecule has 0 atom stereocenters. The number of aliphatic hydroxyl groups excluding tert-OH is 1. The lowest BCUT2D eigenvalue weighted by Gasteiger charge is -2.13. The predicted molar refractivity (Wildman–Crippen MR) is 59.0 cm³/mol. The van der Waals surface area contributed by atoms with Crippen LogP contribution in [0.5, 0.6) is 0 Å². The lowest BCUT2D eigenvalue weighted by molar-refractivity contribution is 0.0137. The maximum atomic E-state index is 13.3. The first kappa shape index (κ1) is 12.6. The van der Waals surface area contributed by atoms with Crippen molar-refractivity contribution in [1.29, 1.82) is 0 Å². The van der Waals surface area contributed by atoms with E-state index in [0.29, 0.717) is 18.3 Å². The SMILES string of the molecule is CC(F)(F)c1cc(-n2cnc(CO)c2)ccc1F. The number of hydrogen-bond donors (Lipinski definition) is 1. The lowest BCUT2D eigenvalue weighted by Crippen LogP contribution is -2.10. The zero-order valence-electron chi connectivity index (χ0n) is 9.57. The summed E-state index contributed by atoms with van der Waals surface area (Å²) in [5.41, 5.74) is 0.100. The molecule has 0 bridgehead atoms. The molecule has 1 N–H and O–H groups in total. The Bertz CT molecular complexity index is 561. The van der Waals surface area contributed by atoms with Crippen LogP contribution in [0.25, 0.3) is 5.69 Å². The minimum Gasteiger partial charge on any atom is -0.390 e. The number of benzene rings is 1. The van der Waals surface area contributed by atoms with Gasteiger partial charge in [-0.15, -0.1) is 0 Å². The Hall–Kier alpha value is -1.82. The van der Waals surface area contributed by atoms with Crippen LogP contribution in [0.4, 0.5) is 13.2 Å². The molecule has 0 aliphatic rings. The van der Waals surface area contributed by atoms with Crippen LogP contribution in [0.1, 0.15) is 18.2 Å². The Morgan fingerprint density at radius 2 is 2.11 bits per heavy atom. The number of halogens is 3. The van der Waals surface area contributed by atoms with E-state index in [1.165, 1.54) is 23.2 Å². The van der Waals surface area contributed by atoms with E-state index >= 15 is 0 Å². The maximum Gasteiger partial charge on any atom is 0.273 e. The Balaban J connectivity index is 2.47. The van der Waals surface area contributed by atoms with Crippen molar-refractivity contribution >= 4 is 0 Å². The van der Waals surface area contributed by atoms with Crippen LogP contribution in [-0.2, 0) is 12.5 Å². The molecule has 1 heterocycles. The summed E-state index contributed by atoms with van der Waals surface area (Å²) in [5, 5.41) is 8.87. The quantitative estimate of drug-likeness (QED) is 0.916. The standard InChI is InChI=1S/C12H11F3N2O/c1-12(14,15)10-4-9(2-3-11(10)13)17-5-8(6-18)16-7-17/h2-5,7,18H,6H2,1H3. The summed E-state index contributed by atoms with van der Waals surface area (Å²) < 4.78 is 41.1. The zero-order valence-corrected chi connectivity index (χ0v) is 9.57. The van der Waals surface area contributed by atoms with Gasteiger partial charge in [0.1, 0.15) is 5.82 Å². The van der Waals surface area contributed by atoms with Crippen LogP contribution in [0.15, 0.2) is 30.7 Å². The van der Waals surface area contributed by atoms with Crippen LogP contribution in [0, 0.1) is 5.82 Å². The highest BCUT2D eigenvalue weighted by Gasteiger charge is 2.28. The lowest BCUT2D eigenvalue weighted by atomic mass is 10.1. The normalized spacial score (nSPS) is 11.8. The summed E-state index contributed by atoms with van der Waals surface area (Å²) in [6.07, 6.45) is 2.86. The van der Waals surface area contributed by atoms with E-state index in [1.54, 1.807) is 0 Å². The molecule has 0 amide bonds.